The molecule has 0 bridgehead atoms. The van der Waals surface area contributed by atoms with Crippen LogP contribution in [0.1, 0.15) is 37.1 Å². The number of rotatable bonds is 4. The third-order valence-corrected chi connectivity index (χ3v) is 5.80. The highest BCUT2D eigenvalue weighted by Crippen LogP contribution is 2.26. The molecule has 0 aliphatic heterocycles. The Balaban J connectivity index is 0.00000225. The van der Waals surface area contributed by atoms with E-state index in [2.05, 4.69) is 50.5 Å². The SMILES string of the molecule is CN=C(NCc1cn2c(C)cccc2n1)NC1CCCC(SC)C1.I. The van der Waals surface area contributed by atoms with Crippen molar-refractivity contribution < 1.29 is 0 Å². The second kappa shape index (κ2) is 9.66. The van der Waals surface area contributed by atoms with E-state index in [0.717, 1.165) is 22.6 Å². The summed E-state index contributed by atoms with van der Waals surface area (Å²) in [5.41, 5.74) is 3.21. The molecular formula is C18H28IN5S. The van der Waals surface area contributed by atoms with Gasteiger partial charge in [0.05, 0.1) is 12.2 Å². The lowest BCUT2D eigenvalue weighted by atomic mass is 9.95. The van der Waals surface area contributed by atoms with Crippen LogP contribution >= 0.6 is 35.7 Å². The lowest BCUT2D eigenvalue weighted by Crippen LogP contribution is -2.45. The van der Waals surface area contributed by atoms with Crippen LogP contribution in [0.3, 0.4) is 0 Å². The summed E-state index contributed by atoms with van der Waals surface area (Å²) in [7, 11) is 1.83. The van der Waals surface area contributed by atoms with E-state index in [1.54, 1.807) is 0 Å². The Morgan fingerprint density at radius 2 is 2.24 bits per heavy atom. The first-order chi connectivity index (χ1) is 11.7. The van der Waals surface area contributed by atoms with Gasteiger partial charge in [-0.25, -0.2) is 4.98 Å². The first-order valence-corrected chi connectivity index (χ1v) is 9.92. The van der Waals surface area contributed by atoms with Gasteiger partial charge >= 0.3 is 0 Å². The minimum atomic E-state index is 0. The predicted octanol–water partition coefficient (Wildman–Crippen LogP) is 3.60. The van der Waals surface area contributed by atoms with Crippen molar-refractivity contribution in [2.75, 3.05) is 13.3 Å². The smallest absolute Gasteiger partial charge is 0.191 e. The molecule has 1 saturated carbocycles. The number of imidazole rings is 1. The molecule has 2 heterocycles. The maximum atomic E-state index is 4.67. The highest BCUT2D eigenvalue weighted by molar-refractivity contribution is 14.0. The molecule has 7 heteroatoms. The van der Waals surface area contributed by atoms with Crippen molar-refractivity contribution in [1.29, 1.82) is 0 Å². The van der Waals surface area contributed by atoms with Gasteiger partial charge in [0.25, 0.3) is 0 Å². The Morgan fingerprint density at radius 3 is 2.96 bits per heavy atom. The van der Waals surface area contributed by atoms with E-state index in [4.69, 9.17) is 0 Å². The van der Waals surface area contributed by atoms with Crippen molar-refractivity contribution in [3.8, 4) is 0 Å². The van der Waals surface area contributed by atoms with Gasteiger partial charge in [-0.1, -0.05) is 12.5 Å². The summed E-state index contributed by atoms with van der Waals surface area (Å²) in [6, 6.07) is 6.69. The minimum Gasteiger partial charge on any atom is -0.354 e. The van der Waals surface area contributed by atoms with Gasteiger partial charge in [-0.3, -0.25) is 4.99 Å². The number of aromatic nitrogens is 2. The van der Waals surface area contributed by atoms with Crippen molar-refractivity contribution in [3.63, 3.8) is 0 Å². The van der Waals surface area contributed by atoms with Crippen molar-refractivity contribution in [1.82, 2.24) is 20.0 Å². The largest absolute Gasteiger partial charge is 0.354 e. The lowest BCUT2D eigenvalue weighted by Gasteiger charge is -2.29. The van der Waals surface area contributed by atoms with Crippen LogP contribution in [0.25, 0.3) is 5.65 Å². The average Bonchev–Trinajstić information content (AvgIpc) is 3.03. The molecule has 2 aromatic rings. The van der Waals surface area contributed by atoms with Crippen LogP contribution < -0.4 is 10.6 Å². The van der Waals surface area contributed by atoms with Gasteiger partial charge in [0, 0.05) is 30.2 Å². The number of aryl methyl sites for hydroxylation is 1. The number of thioether (sulfide) groups is 1. The summed E-state index contributed by atoms with van der Waals surface area (Å²) in [5, 5.41) is 7.75. The molecule has 2 N–H and O–H groups in total. The van der Waals surface area contributed by atoms with Gasteiger partial charge in [-0.05, 0) is 44.6 Å². The number of pyridine rings is 1. The van der Waals surface area contributed by atoms with E-state index in [9.17, 15) is 0 Å². The van der Waals surface area contributed by atoms with Gasteiger partial charge in [-0.15, -0.1) is 24.0 Å². The topological polar surface area (TPSA) is 53.7 Å². The predicted molar refractivity (Wildman–Crippen MR) is 118 cm³/mol. The van der Waals surface area contributed by atoms with Crippen molar-refractivity contribution >= 4 is 47.3 Å². The van der Waals surface area contributed by atoms with Crippen LogP contribution in [0, 0.1) is 6.92 Å². The fourth-order valence-corrected chi connectivity index (χ4v) is 4.16. The molecule has 2 atom stereocenters. The summed E-state index contributed by atoms with van der Waals surface area (Å²) in [5.74, 6) is 0.871. The van der Waals surface area contributed by atoms with Gasteiger partial charge in [0.15, 0.2) is 5.96 Å². The molecule has 2 aromatic heterocycles. The number of halogens is 1. The second-order valence-corrected chi connectivity index (χ2v) is 7.56. The Hall–Kier alpha value is -0.960. The van der Waals surface area contributed by atoms with E-state index in [-0.39, 0.29) is 24.0 Å². The van der Waals surface area contributed by atoms with Gasteiger partial charge in [0.2, 0.25) is 0 Å². The summed E-state index contributed by atoms with van der Waals surface area (Å²) >= 11 is 1.99. The molecule has 1 aliphatic carbocycles. The van der Waals surface area contributed by atoms with Crippen LogP contribution in [0.5, 0.6) is 0 Å². The highest BCUT2D eigenvalue weighted by atomic mass is 127. The zero-order valence-corrected chi connectivity index (χ0v) is 18.3. The van der Waals surface area contributed by atoms with E-state index in [1.165, 1.54) is 31.4 Å². The second-order valence-electron chi connectivity index (χ2n) is 6.42. The first kappa shape index (κ1) is 20.4. The summed E-state index contributed by atoms with van der Waals surface area (Å²) in [4.78, 5) is 9.04. The Bertz CT molecular complexity index is 715. The van der Waals surface area contributed by atoms with E-state index in [0.29, 0.717) is 12.6 Å². The maximum absolute atomic E-state index is 4.67. The molecule has 0 spiro atoms. The zero-order valence-electron chi connectivity index (χ0n) is 15.2. The third-order valence-electron chi connectivity index (χ3n) is 4.71. The monoisotopic (exact) mass is 473 g/mol. The fraction of sp³-hybridized carbons (Fsp3) is 0.556. The van der Waals surface area contributed by atoms with Crippen LogP contribution in [0.15, 0.2) is 29.4 Å². The van der Waals surface area contributed by atoms with Crippen LogP contribution in [0.2, 0.25) is 0 Å². The normalized spacial score (nSPS) is 21.0. The Morgan fingerprint density at radius 1 is 1.40 bits per heavy atom. The van der Waals surface area contributed by atoms with Gasteiger partial charge < -0.3 is 15.0 Å². The number of nitrogens with one attached hydrogen (secondary N) is 2. The van der Waals surface area contributed by atoms with Crippen molar-refractivity contribution in [2.45, 2.75) is 50.4 Å². The number of hydrogen-bond acceptors (Lipinski definition) is 3. The number of nitrogens with zero attached hydrogens (tertiary/aromatic N) is 3. The number of hydrogen-bond donors (Lipinski definition) is 2. The summed E-state index contributed by atoms with van der Waals surface area (Å²) in [6.45, 7) is 2.77. The molecule has 0 aromatic carbocycles. The summed E-state index contributed by atoms with van der Waals surface area (Å²) in [6.07, 6.45) is 9.39. The van der Waals surface area contributed by atoms with Crippen LogP contribution in [-0.2, 0) is 6.54 Å². The van der Waals surface area contributed by atoms with E-state index in [1.807, 2.05) is 30.9 Å². The molecule has 0 radical (unpaired) electrons. The lowest BCUT2D eigenvalue weighted by molar-refractivity contribution is 0.419. The molecule has 0 saturated heterocycles. The summed E-state index contributed by atoms with van der Waals surface area (Å²) < 4.78 is 2.12. The third kappa shape index (κ3) is 5.26. The van der Waals surface area contributed by atoms with Gasteiger partial charge in [-0.2, -0.15) is 11.8 Å². The van der Waals surface area contributed by atoms with E-state index < -0.39 is 0 Å². The molecule has 25 heavy (non-hydrogen) atoms. The van der Waals surface area contributed by atoms with Gasteiger partial charge in [0.1, 0.15) is 5.65 Å². The van der Waals surface area contributed by atoms with Crippen molar-refractivity contribution in [3.05, 3.63) is 35.8 Å². The van der Waals surface area contributed by atoms with Crippen molar-refractivity contribution in [2.24, 2.45) is 4.99 Å². The Labute approximate surface area is 171 Å². The standard InChI is InChI=1S/C18H27N5S.HI/c1-13-6-4-9-17-21-15(12-23(13)17)11-20-18(19-2)22-14-7-5-8-16(10-14)24-3;/h4,6,9,12,14,16H,5,7-8,10-11H2,1-3H3,(H2,19,20,22);1H. The first-order valence-electron chi connectivity index (χ1n) is 8.63. The molecule has 5 nitrogen and oxygen atoms in total. The Kier molecular flexibility index (Phi) is 7.86. The molecular weight excluding hydrogens is 445 g/mol. The fourth-order valence-electron chi connectivity index (χ4n) is 3.34. The number of guanidine groups is 1. The van der Waals surface area contributed by atoms with Crippen LogP contribution in [-0.4, -0.2) is 39.9 Å². The molecule has 1 aliphatic rings. The van der Waals surface area contributed by atoms with E-state index >= 15 is 0 Å². The minimum absolute atomic E-state index is 0. The number of fused-ring (bicyclic) bond motifs is 1. The number of aliphatic imine (C=N–C) groups is 1. The molecule has 2 unspecified atom stereocenters. The molecule has 138 valence electrons. The molecule has 3 rings (SSSR count). The zero-order chi connectivity index (χ0) is 16.9. The molecule has 0 amide bonds. The maximum Gasteiger partial charge on any atom is 0.191 e. The molecule has 1 fully saturated rings. The average molecular weight is 473 g/mol. The highest BCUT2D eigenvalue weighted by Gasteiger charge is 2.21. The quantitative estimate of drug-likeness (QED) is 0.405. The van der Waals surface area contributed by atoms with Crippen LogP contribution in [0.4, 0.5) is 0 Å².